The number of amides is 1. The van der Waals surface area contributed by atoms with Gasteiger partial charge in [0.05, 0.1) is 0 Å². The molecule has 24 heavy (non-hydrogen) atoms. The molecule has 0 bridgehead atoms. The molecular formula is C20H34N2O2. The summed E-state index contributed by atoms with van der Waals surface area (Å²) in [7, 11) is 0. The van der Waals surface area contributed by atoms with Crippen LogP contribution in [-0.2, 0) is 11.3 Å². The highest BCUT2D eigenvalue weighted by Crippen LogP contribution is 2.08. The summed E-state index contributed by atoms with van der Waals surface area (Å²) in [5, 5.41) is 2.85. The Kier molecular flexibility index (Phi) is 9.46. The lowest BCUT2D eigenvalue weighted by Gasteiger charge is -2.24. The van der Waals surface area contributed by atoms with Gasteiger partial charge in [0.25, 0.3) is 0 Å². The fourth-order valence-corrected chi connectivity index (χ4v) is 2.50. The number of nitrogens with one attached hydrogen (secondary N) is 1. The first-order valence-corrected chi connectivity index (χ1v) is 9.14. The van der Waals surface area contributed by atoms with Crippen LogP contribution in [0.15, 0.2) is 30.3 Å². The zero-order valence-corrected chi connectivity index (χ0v) is 15.8. The molecule has 1 rings (SSSR count). The maximum atomic E-state index is 11.7. The Balaban J connectivity index is 2.41. The van der Waals surface area contributed by atoms with Crippen molar-refractivity contribution in [3.05, 3.63) is 35.9 Å². The number of rotatable bonds is 10. The number of unbranched alkanes of at least 4 members (excludes halogenated alkanes) is 3. The molecule has 4 heteroatoms. The van der Waals surface area contributed by atoms with Crippen molar-refractivity contribution >= 4 is 6.09 Å². The van der Waals surface area contributed by atoms with Crippen molar-refractivity contribution < 1.29 is 9.53 Å². The average Bonchev–Trinajstić information content (AvgIpc) is 2.50. The molecule has 1 aromatic carbocycles. The number of benzene rings is 1. The Bertz CT molecular complexity index is 454. The Labute approximate surface area is 147 Å². The van der Waals surface area contributed by atoms with Gasteiger partial charge in [-0.3, -0.25) is 4.90 Å². The molecule has 0 heterocycles. The van der Waals surface area contributed by atoms with Crippen LogP contribution in [0.25, 0.3) is 0 Å². The number of alkyl carbamates (subject to hydrolysis) is 1. The summed E-state index contributed by atoms with van der Waals surface area (Å²) in [4.78, 5) is 14.2. The van der Waals surface area contributed by atoms with Gasteiger partial charge >= 0.3 is 6.09 Å². The van der Waals surface area contributed by atoms with Crippen LogP contribution in [-0.4, -0.2) is 36.2 Å². The van der Waals surface area contributed by atoms with E-state index in [2.05, 4.69) is 41.4 Å². The van der Waals surface area contributed by atoms with Crippen LogP contribution in [0.5, 0.6) is 0 Å². The summed E-state index contributed by atoms with van der Waals surface area (Å²) >= 11 is 0. The third-order valence-electron chi connectivity index (χ3n) is 3.67. The first-order chi connectivity index (χ1) is 11.4. The zero-order chi connectivity index (χ0) is 17.8. The topological polar surface area (TPSA) is 41.6 Å². The molecule has 0 saturated carbocycles. The Hall–Kier alpha value is -1.55. The highest BCUT2D eigenvalue weighted by atomic mass is 16.6. The van der Waals surface area contributed by atoms with Crippen LogP contribution < -0.4 is 5.32 Å². The van der Waals surface area contributed by atoms with Crippen molar-refractivity contribution in [2.24, 2.45) is 0 Å². The summed E-state index contributed by atoms with van der Waals surface area (Å²) in [6.07, 6.45) is 4.66. The van der Waals surface area contributed by atoms with Gasteiger partial charge in [-0.1, -0.05) is 56.5 Å². The summed E-state index contributed by atoms with van der Waals surface area (Å²) in [5.41, 5.74) is 0.860. The molecule has 0 radical (unpaired) electrons. The molecule has 0 atom stereocenters. The molecule has 0 fully saturated rings. The van der Waals surface area contributed by atoms with Gasteiger partial charge < -0.3 is 10.1 Å². The minimum Gasteiger partial charge on any atom is -0.444 e. The van der Waals surface area contributed by atoms with Crippen molar-refractivity contribution in [1.82, 2.24) is 10.2 Å². The van der Waals surface area contributed by atoms with E-state index in [1.807, 2.05) is 26.8 Å². The van der Waals surface area contributed by atoms with E-state index in [1.165, 1.54) is 31.2 Å². The quantitative estimate of drug-likeness (QED) is 0.636. The highest BCUT2D eigenvalue weighted by molar-refractivity contribution is 5.67. The molecule has 1 aromatic rings. The third-order valence-corrected chi connectivity index (χ3v) is 3.67. The molecular weight excluding hydrogens is 300 g/mol. The summed E-state index contributed by atoms with van der Waals surface area (Å²) in [6, 6.07) is 10.5. The van der Waals surface area contributed by atoms with Crippen molar-refractivity contribution in [3.8, 4) is 0 Å². The number of hydrogen-bond donors (Lipinski definition) is 1. The van der Waals surface area contributed by atoms with Crippen molar-refractivity contribution in [3.63, 3.8) is 0 Å². The second kappa shape index (κ2) is 11.1. The number of carbonyl (C=O) groups excluding carboxylic acids is 1. The van der Waals surface area contributed by atoms with Gasteiger partial charge in [0, 0.05) is 19.6 Å². The first-order valence-electron chi connectivity index (χ1n) is 9.14. The molecule has 136 valence electrons. The van der Waals surface area contributed by atoms with E-state index in [0.29, 0.717) is 6.54 Å². The minimum absolute atomic E-state index is 0.340. The Morgan fingerprint density at radius 3 is 2.42 bits per heavy atom. The lowest BCUT2D eigenvalue weighted by Crippen LogP contribution is -2.38. The normalized spacial score (nSPS) is 11.5. The number of hydrogen-bond acceptors (Lipinski definition) is 3. The van der Waals surface area contributed by atoms with Crippen LogP contribution in [0.3, 0.4) is 0 Å². The van der Waals surface area contributed by atoms with E-state index in [4.69, 9.17) is 4.74 Å². The van der Waals surface area contributed by atoms with Gasteiger partial charge in [0.2, 0.25) is 0 Å². The van der Waals surface area contributed by atoms with E-state index in [1.54, 1.807) is 0 Å². The Morgan fingerprint density at radius 2 is 1.79 bits per heavy atom. The summed E-state index contributed by atoms with van der Waals surface area (Å²) in [6.45, 7) is 11.3. The van der Waals surface area contributed by atoms with E-state index in [0.717, 1.165) is 19.6 Å². The van der Waals surface area contributed by atoms with E-state index in [-0.39, 0.29) is 6.09 Å². The largest absolute Gasteiger partial charge is 0.444 e. The minimum atomic E-state index is -0.450. The van der Waals surface area contributed by atoms with Crippen LogP contribution in [0, 0.1) is 0 Å². The maximum Gasteiger partial charge on any atom is 0.407 e. The van der Waals surface area contributed by atoms with E-state index in [9.17, 15) is 4.79 Å². The highest BCUT2D eigenvalue weighted by Gasteiger charge is 2.16. The van der Waals surface area contributed by atoms with Gasteiger partial charge in [-0.05, 0) is 39.3 Å². The van der Waals surface area contributed by atoms with Gasteiger partial charge in [-0.2, -0.15) is 0 Å². The van der Waals surface area contributed by atoms with Gasteiger partial charge in [0.15, 0.2) is 0 Å². The van der Waals surface area contributed by atoms with Crippen LogP contribution >= 0.6 is 0 Å². The molecule has 1 N–H and O–H groups in total. The van der Waals surface area contributed by atoms with Crippen molar-refractivity contribution in [2.75, 3.05) is 19.6 Å². The molecule has 0 aliphatic heterocycles. The Morgan fingerprint density at radius 1 is 1.08 bits per heavy atom. The molecule has 0 unspecified atom stereocenters. The SMILES string of the molecule is CCCCCCN(CCNC(=O)OC(C)(C)C)Cc1ccccc1. The van der Waals surface area contributed by atoms with Gasteiger partial charge in [-0.15, -0.1) is 0 Å². The van der Waals surface area contributed by atoms with Crippen molar-refractivity contribution in [2.45, 2.75) is 65.5 Å². The molecule has 4 nitrogen and oxygen atoms in total. The third kappa shape index (κ3) is 10.3. The molecule has 0 aliphatic carbocycles. The second-order valence-electron chi connectivity index (χ2n) is 7.25. The predicted molar refractivity (Wildman–Crippen MR) is 100 cm³/mol. The fraction of sp³-hybridized carbons (Fsp3) is 0.650. The second-order valence-corrected chi connectivity index (χ2v) is 7.25. The van der Waals surface area contributed by atoms with Gasteiger partial charge in [-0.25, -0.2) is 4.79 Å². The van der Waals surface area contributed by atoms with Crippen molar-refractivity contribution in [1.29, 1.82) is 0 Å². The van der Waals surface area contributed by atoms with E-state index < -0.39 is 5.60 Å². The molecule has 0 saturated heterocycles. The van der Waals surface area contributed by atoms with E-state index >= 15 is 0 Å². The smallest absolute Gasteiger partial charge is 0.407 e. The number of nitrogens with zero attached hydrogens (tertiary/aromatic N) is 1. The number of ether oxygens (including phenoxy) is 1. The molecule has 1 amide bonds. The van der Waals surface area contributed by atoms with Crippen LogP contribution in [0.1, 0.15) is 58.9 Å². The van der Waals surface area contributed by atoms with Gasteiger partial charge in [0.1, 0.15) is 5.60 Å². The van der Waals surface area contributed by atoms with Crippen LogP contribution in [0.4, 0.5) is 4.79 Å². The lowest BCUT2D eigenvalue weighted by molar-refractivity contribution is 0.0521. The summed E-state index contributed by atoms with van der Waals surface area (Å²) in [5.74, 6) is 0. The number of carbonyl (C=O) groups is 1. The summed E-state index contributed by atoms with van der Waals surface area (Å²) < 4.78 is 5.28. The fourth-order valence-electron chi connectivity index (χ4n) is 2.50. The molecule has 0 aromatic heterocycles. The first kappa shape index (κ1) is 20.5. The average molecular weight is 335 g/mol. The standard InChI is InChI=1S/C20H34N2O2/c1-5-6-7-11-15-22(17-18-12-9-8-10-13-18)16-14-21-19(23)24-20(2,3)4/h8-10,12-13H,5-7,11,14-17H2,1-4H3,(H,21,23). The maximum absolute atomic E-state index is 11.7. The van der Waals surface area contributed by atoms with Crippen LogP contribution in [0.2, 0.25) is 0 Å². The zero-order valence-electron chi connectivity index (χ0n) is 15.8. The predicted octanol–water partition coefficient (Wildman–Crippen LogP) is 4.59. The monoisotopic (exact) mass is 334 g/mol. The molecule has 0 aliphatic rings. The molecule has 0 spiro atoms. The lowest BCUT2D eigenvalue weighted by atomic mass is 10.1.